The Kier molecular flexibility index (Phi) is 5.01. The average Bonchev–Trinajstić information content (AvgIpc) is 2.41. The highest BCUT2D eigenvalue weighted by atomic mass is 16.3. The van der Waals surface area contributed by atoms with Crippen molar-refractivity contribution in [2.24, 2.45) is 5.73 Å². The summed E-state index contributed by atoms with van der Waals surface area (Å²) < 4.78 is 0. The fraction of sp³-hybridized carbons (Fsp3) is 1.00. The third-order valence-electron chi connectivity index (χ3n) is 4.91. The third-order valence-corrected chi connectivity index (χ3v) is 4.91. The molecule has 1 aliphatic heterocycles. The molecule has 2 aliphatic rings. The Bertz CT molecular complexity index is 243. The van der Waals surface area contributed by atoms with Crippen LogP contribution in [0.4, 0.5) is 0 Å². The monoisotopic (exact) mass is 255 g/mol. The summed E-state index contributed by atoms with van der Waals surface area (Å²) in [4.78, 5) is 5.09. The SMILES string of the molecule is CCC1(O)CCC(N2CCN(CCN)CC2)CC1. The zero-order chi connectivity index (χ0) is 13.0. The molecular weight excluding hydrogens is 226 g/mol. The molecule has 106 valence electrons. The van der Waals surface area contributed by atoms with Gasteiger partial charge in [0, 0.05) is 45.3 Å². The maximum atomic E-state index is 10.3. The highest BCUT2D eigenvalue weighted by Gasteiger charge is 2.34. The van der Waals surface area contributed by atoms with Gasteiger partial charge in [0.1, 0.15) is 0 Å². The lowest BCUT2D eigenvalue weighted by atomic mass is 9.80. The van der Waals surface area contributed by atoms with Gasteiger partial charge < -0.3 is 10.8 Å². The lowest BCUT2D eigenvalue weighted by Gasteiger charge is -2.44. The summed E-state index contributed by atoms with van der Waals surface area (Å²) in [5.74, 6) is 0. The highest BCUT2D eigenvalue weighted by Crippen LogP contribution is 2.33. The first-order valence-electron chi connectivity index (χ1n) is 7.56. The van der Waals surface area contributed by atoms with E-state index in [1.165, 1.54) is 25.9 Å². The number of rotatable bonds is 4. The molecule has 0 aromatic heterocycles. The lowest BCUT2D eigenvalue weighted by Crippen LogP contribution is -2.53. The summed E-state index contributed by atoms with van der Waals surface area (Å²) in [7, 11) is 0. The molecule has 1 saturated heterocycles. The van der Waals surface area contributed by atoms with Gasteiger partial charge in [-0.15, -0.1) is 0 Å². The maximum Gasteiger partial charge on any atom is 0.0646 e. The minimum absolute atomic E-state index is 0.363. The fourth-order valence-corrected chi connectivity index (χ4v) is 3.39. The summed E-state index contributed by atoms with van der Waals surface area (Å²) >= 11 is 0. The molecule has 2 rings (SSSR count). The normalized spacial score (nSPS) is 35.8. The van der Waals surface area contributed by atoms with Crippen LogP contribution < -0.4 is 5.73 Å². The smallest absolute Gasteiger partial charge is 0.0646 e. The van der Waals surface area contributed by atoms with E-state index in [-0.39, 0.29) is 5.60 Å². The van der Waals surface area contributed by atoms with Gasteiger partial charge in [0.15, 0.2) is 0 Å². The van der Waals surface area contributed by atoms with E-state index in [1.807, 2.05) is 0 Å². The quantitative estimate of drug-likeness (QED) is 0.774. The summed E-state index contributed by atoms with van der Waals surface area (Å²) in [5.41, 5.74) is 5.24. The van der Waals surface area contributed by atoms with Crippen LogP contribution in [0.5, 0.6) is 0 Å². The number of nitrogens with zero attached hydrogens (tertiary/aromatic N) is 2. The van der Waals surface area contributed by atoms with E-state index in [1.54, 1.807) is 0 Å². The minimum Gasteiger partial charge on any atom is -0.390 e. The van der Waals surface area contributed by atoms with Gasteiger partial charge in [-0.25, -0.2) is 0 Å². The van der Waals surface area contributed by atoms with Gasteiger partial charge in [0.2, 0.25) is 0 Å². The number of hydrogen-bond acceptors (Lipinski definition) is 4. The Morgan fingerprint density at radius 3 is 2.28 bits per heavy atom. The molecule has 0 radical (unpaired) electrons. The Morgan fingerprint density at radius 1 is 1.17 bits per heavy atom. The number of aliphatic hydroxyl groups is 1. The second-order valence-corrected chi connectivity index (χ2v) is 5.98. The van der Waals surface area contributed by atoms with E-state index in [4.69, 9.17) is 5.73 Å². The Balaban J connectivity index is 1.74. The summed E-state index contributed by atoms with van der Waals surface area (Å²) in [6.07, 6.45) is 5.21. The van der Waals surface area contributed by atoms with Crippen molar-refractivity contribution in [3.8, 4) is 0 Å². The molecule has 0 bridgehead atoms. The molecule has 3 N–H and O–H groups in total. The number of piperazine rings is 1. The van der Waals surface area contributed by atoms with Gasteiger partial charge in [0.05, 0.1) is 5.60 Å². The lowest BCUT2D eigenvalue weighted by molar-refractivity contribution is -0.0295. The van der Waals surface area contributed by atoms with Crippen LogP contribution in [0.25, 0.3) is 0 Å². The molecule has 4 nitrogen and oxygen atoms in total. The second kappa shape index (κ2) is 6.33. The van der Waals surface area contributed by atoms with E-state index < -0.39 is 0 Å². The van der Waals surface area contributed by atoms with Crippen molar-refractivity contribution in [1.29, 1.82) is 0 Å². The molecule has 0 aromatic carbocycles. The first kappa shape index (κ1) is 14.3. The average molecular weight is 255 g/mol. The second-order valence-electron chi connectivity index (χ2n) is 5.98. The zero-order valence-electron chi connectivity index (χ0n) is 11.8. The van der Waals surface area contributed by atoms with E-state index in [0.29, 0.717) is 6.04 Å². The van der Waals surface area contributed by atoms with Gasteiger partial charge in [-0.1, -0.05) is 6.92 Å². The Labute approximate surface area is 111 Å². The topological polar surface area (TPSA) is 52.7 Å². The van der Waals surface area contributed by atoms with Crippen LogP contribution in [0.3, 0.4) is 0 Å². The van der Waals surface area contributed by atoms with Crippen molar-refractivity contribution < 1.29 is 5.11 Å². The standard InChI is InChI=1S/C14H29N3O/c1-2-14(18)5-3-13(4-6-14)17-11-9-16(8-7-15)10-12-17/h13,18H,2-12,15H2,1H3. The molecule has 4 heteroatoms. The van der Waals surface area contributed by atoms with Gasteiger partial charge in [-0.05, 0) is 32.1 Å². The zero-order valence-corrected chi connectivity index (χ0v) is 11.8. The fourth-order valence-electron chi connectivity index (χ4n) is 3.39. The van der Waals surface area contributed by atoms with Crippen molar-refractivity contribution in [2.45, 2.75) is 50.7 Å². The number of nitrogens with two attached hydrogens (primary N) is 1. The van der Waals surface area contributed by atoms with Gasteiger partial charge in [0.25, 0.3) is 0 Å². The number of hydrogen-bond donors (Lipinski definition) is 2. The Morgan fingerprint density at radius 2 is 1.78 bits per heavy atom. The largest absolute Gasteiger partial charge is 0.390 e. The van der Waals surface area contributed by atoms with Crippen LogP contribution >= 0.6 is 0 Å². The predicted octanol–water partition coefficient (Wildman–Crippen LogP) is 0.646. The van der Waals surface area contributed by atoms with E-state index in [0.717, 1.165) is 45.4 Å². The van der Waals surface area contributed by atoms with Crippen molar-refractivity contribution >= 4 is 0 Å². The van der Waals surface area contributed by atoms with Crippen molar-refractivity contribution in [3.63, 3.8) is 0 Å². The van der Waals surface area contributed by atoms with Crippen LogP contribution in [0.15, 0.2) is 0 Å². The minimum atomic E-state index is -0.363. The molecule has 0 aromatic rings. The molecule has 1 heterocycles. The van der Waals surface area contributed by atoms with Crippen molar-refractivity contribution in [1.82, 2.24) is 9.80 Å². The Hall–Kier alpha value is -0.160. The molecule has 0 amide bonds. The van der Waals surface area contributed by atoms with E-state index in [2.05, 4.69) is 16.7 Å². The van der Waals surface area contributed by atoms with Crippen LogP contribution in [0.1, 0.15) is 39.0 Å². The summed E-state index contributed by atoms with van der Waals surface area (Å²) in [5, 5.41) is 10.3. The van der Waals surface area contributed by atoms with E-state index >= 15 is 0 Å². The van der Waals surface area contributed by atoms with Crippen molar-refractivity contribution in [3.05, 3.63) is 0 Å². The van der Waals surface area contributed by atoms with Crippen LogP contribution in [0, 0.1) is 0 Å². The van der Waals surface area contributed by atoms with Crippen LogP contribution in [-0.4, -0.2) is 65.8 Å². The summed E-state index contributed by atoms with van der Waals surface area (Å²) in [6.45, 7) is 8.58. The van der Waals surface area contributed by atoms with Gasteiger partial charge >= 0.3 is 0 Å². The van der Waals surface area contributed by atoms with Crippen molar-refractivity contribution in [2.75, 3.05) is 39.3 Å². The molecule has 0 atom stereocenters. The first-order valence-corrected chi connectivity index (χ1v) is 7.56. The predicted molar refractivity (Wildman–Crippen MR) is 74.6 cm³/mol. The van der Waals surface area contributed by atoms with Crippen LogP contribution in [-0.2, 0) is 0 Å². The molecule has 2 fully saturated rings. The van der Waals surface area contributed by atoms with Crippen LogP contribution in [0.2, 0.25) is 0 Å². The van der Waals surface area contributed by atoms with E-state index in [9.17, 15) is 5.11 Å². The molecule has 0 unspecified atom stereocenters. The first-order chi connectivity index (χ1) is 8.67. The van der Waals surface area contributed by atoms with Gasteiger partial charge in [-0.3, -0.25) is 9.80 Å². The molecular formula is C14H29N3O. The van der Waals surface area contributed by atoms with Gasteiger partial charge in [-0.2, -0.15) is 0 Å². The maximum absolute atomic E-state index is 10.3. The summed E-state index contributed by atoms with van der Waals surface area (Å²) in [6, 6.07) is 0.705. The molecule has 1 saturated carbocycles. The molecule has 0 spiro atoms. The third kappa shape index (κ3) is 3.44. The highest BCUT2D eigenvalue weighted by molar-refractivity contribution is 4.89. The molecule has 1 aliphatic carbocycles. The molecule has 18 heavy (non-hydrogen) atoms.